The van der Waals surface area contributed by atoms with Crippen molar-refractivity contribution in [3.63, 3.8) is 0 Å². The van der Waals surface area contributed by atoms with E-state index in [2.05, 4.69) is 5.10 Å². The molecule has 1 aliphatic rings. The zero-order valence-corrected chi connectivity index (χ0v) is 10.9. The van der Waals surface area contributed by atoms with Crippen LogP contribution in [0.15, 0.2) is 12.1 Å². The second kappa shape index (κ2) is 4.38. The number of carboxylic acid groups (broad SMARTS) is 1. The fourth-order valence-electron chi connectivity index (χ4n) is 1.99. The lowest BCUT2D eigenvalue weighted by Gasteiger charge is -2.07. The molecule has 1 aromatic heterocycles. The maximum absolute atomic E-state index is 14.3. The van der Waals surface area contributed by atoms with Gasteiger partial charge in [-0.2, -0.15) is 5.10 Å². The number of aromatic nitrogens is 2. The largest absolute Gasteiger partial charge is 0.476 e. The third kappa shape index (κ3) is 1.78. The molecule has 104 valence electrons. The van der Waals surface area contributed by atoms with Crippen LogP contribution in [0.2, 0.25) is 5.02 Å². The molecule has 0 aliphatic carbocycles. The summed E-state index contributed by atoms with van der Waals surface area (Å²) in [5.74, 6) is -1.45. The number of aryl methyl sites for hydroxylation is 1. The average molecular weight is 299 g/mol. The summed E-state index contributed by atoms with van der Waals surface area (Å²) in [6, 6.07) is 2.67. The van der Waals surface area contributed by atoms with E-state index in [9.17, 15) is 9.18 Å². The molecule has 0 unspecified atom stereocenters. The van der Waals surface area contributed by atoms with Gasteiger partial charge >= 0.3 is 5.97 Å². The van der Waals surface area contributed by atoms with Crippen molar-refractivity contribution in [3.05, 3.63) is 28.7 Å². The van der Waals surface area contributed by atoms with Gasteiger partial charge in [-0.3, -0.25) is 4.68 Å². The molecule has 0 amide bonds. The first-order valence-electron chi connectivity index (χ1n) is 5.54. The molecule has 20 heavy (non-hydrogen) atoms. The van der Waals surface area contributed by atoms with E-state index >= 15 is 0 Å². The number of ether oxygens (including phenoxy) is 2. The third-order valence-electron chi connectivity index (χ3n) is 2.92. The summed E-state index contributed by atoms with van der Waals surface area (Å²) in [7, 11) is 1.51. The van der Waals surface area contributed by atoms with Crippen molar-refractivity contribution in [2.75, 3.05) is 6.79 Å². The van der Waals surface area contributed by atoms with Gasteiger partial charge in [0.25, 0.3) is 0 Å². The van der Waals surface area contributed by atoms with Gasteiger partial charge in [0.15, 0.2) is 23.0 Å². The highest BCUT2D eigenvalue weighted by Gasteiger charge is 2.26. The van der Waals surface area contributed by atoms with E-state index in [1.54, 1.807) is 0 Å². The first-order chi connectivity index (χ1) is 9.49. The SMILES string of the molecule is Cn1nc(C(=O)O)cc1-c1cc2c(c(Cl)c1F)OCO2. The second-order valence-corrected chi connectivity index (χ2v) is 4.51. The molecule has 2 aromatic rings. The molecule has 1 aromatic carbocycles. The van der Waals surface area contributed by atoms with Crippen LogP contribution in [0.4, 0.5) is 4.39 Å². The van der Waals surface area contributed by atoms with E-state index in [1.165, 1.54) is 23.9 Å². The Morgan fingerprint density at radius 1 is 1.50 bits per heavy atom. The first kappa shape index (κ1) is 12.7. The average Bonchev–Trinajstić information content (AvgIpc) is 3.00. The monoisotopic (exact) mass is 298 g/mol. The predicted octanol–water partition coefficient (Wildman–Crippen LogP) is 2.31. The van der Waals surface area contributed by atoms with E-state index in [1.807, 2.05) is 0 Å². The Kier molecular flexibility index (Phi) is 2.79. The van der Waals surface area contributed by atoms with Gasteiger partial charge in [-0.1, -0.05) is 11.6 Å². The van der Waals surface area contributed by atoms with Crippen LogP contribution in [-0.2, 0) is 7.05 Å². The van der Waals surface area contributed by atoms with Gasteiger partial charge in [0.1, 0.15) is 5.02 Å². The van der Waals surface area contributed by atoms with E-state index in [0.29, 0.717) is 5.75 Å². The summed E-state index contributed by atoms with van der Waals surface area (Å²) in [5.41, 5.74) is 0.192. The molecule has 3 rings (SSSR count). The Hall–Kier alpha value is -2.28. The van der Waals surface area contributed by atoms with Gasteiger partial charge in [-0.25, -0.2) is 9.18 Å². The van der Waals surface area contributed by atoms with E-state index in [-0.39, 0.29) is 34.5 Å². The predicted molar refractivity (Wildman–Crippen MR) is 66.7 cm³/mol. The van der Waals surface area contributed by atoms with Crippen LogP contribution < -0.4 is 9.47 Å². The lowest BCUT2D eigenvalue weighted by atomic mass is 10.1. The summed E-state index contributed by atoms with van der Waals surface area (Å²) in [5, 5.41) is 12.5. The van der Waals surface area contributed by atoms with Crippen LogP contribution in [0.5, 0.6) is 11.5 Å². The smallest absolute Gasteiger partial charge is 0.356 e. The molecule has 8 heteroatoms. The maximum Gasteiger partial charge on any atom is 0.356 e. The van der Waals surface area contributed by atoms with Gasteiger partial charge in [-0.05, 0) is 12.1 Å². The number of benzene rings is 1. The van der Waals surface area contributed by atoms with Gasteiger partial charge in [0.2, 0.25) is 6.79 Å². The fraction of sp³-hybridized carbons (Fsp3) is 0.167. The molecule has 0 radical (unpaired) electrons. The molecule has 6 nitrogen and oxygen atoms in total. The Morgan fingerprint density at radius 3 is 2.90 bits per heavy atom. The molecule has 1 aliphatic heterocycles. The molecule has 0 saturated carbocycles. The molecule has 1 N–H and O–H groups in total. The molecule has 0 atom stereocenters. The highest BCUT2D eigenvalue weighted by atomic mass is 35.5. The van der Waals surface area contributed by atoms with Crippen molar-refractivity contribution >= 4 is 17.6 Å². The highest BCUT2D eigenvalue weighted by molar-refractivity contribution is 6.32. The molecule has 0 bridgehead atoms. The molecule has 0 spiro atoms. The van der Waals surface area contributed by atoms with Crippen LogP contribution in [-0.4, -0.2) is 27.6 Å². The van der Waals surface area contributed by atoms with Crippen LogP contribution in [0.1, 0.15) is 10.5 Å². The number of carboxylic acids is 1. The fourth-order valence-corrected chi connectivity index (χ4v) is 2.24. The standard InChI is InChI=1S/C12H8ClFN2O4/c1-16-7(3-6(15-16)12(17)18)5-2-8-11(20-4-19-8)9(13)10(5)14/h2-3H,4H2,1H3,(H,17,18). The van der Waals surface area contributed by atoms with Crippen LogP contribution in [0.3, 0.4) is 0 Å². The van der Waals surface area contributed by atoms with Crippen molar-refractivity contribution in [1.82, 2.24) is 9.78 Å². The van der Waals surface area contributed by atoms with Crippen LogP contribution in [0.25, 0.3) is 11.3 Å². The number of hydrogen-bond acceptors (Lipinski definition) is 4. The number of halogens is 2. The Morgan fingerprint density at radius 2 is 2.25 bits per heavy atom. The van der Waals surface area contributed by atoms with Crippen molar-refractivity contribution in [2.24, 2.45) is 7.05 Å². The quantitative estimate of drug-likeness (QED) is 0.921. The van der Waals surface area contributed by atoms with Crippen LogP contribution in [0, 0.1) is 5.82 Å². The Labute approximate surface area is 117 Å². The zero-order valence-electron chi connectivity index (χ0n) is 10.2. The highest BCUT2D eigenvalue weighted by Crippen LogP contribution is 2.44. The summed E-state index contributed by atoms with van der Waals surface area (Å²) in [6.07, 6.45) is 0. The van der Waals surface area contributed by atoms with Gasteiger partial charge < -0.3 is 14.6 Å². The third-order valence-corrected chi connectivity index (χ3v) is 3.26. The number of aromatic carboxylic acids is 1. The van der Waals surface area contributed by atoms with Crippen molar-refractivity contribution < 1.29 is 23.8 Å². The number of fused-ring (bicyclic) bond motifs is 1. The number of hydrogen-bond donors (Lipinski definition) is 1. The Bertz CT molecular complexity index is 729. The van der Waals surface area contributed by atoms with E-state index in [4.69, 9.17) is 26.2 Å². The van der Waals surface area contributed by atoms with Gasteiger partial charge in [-0.15, -0.1) is 0 Å². The summed E-state index contributed by atoms with van der Waals surface area (Å²) < 4.78 is 25.8. The first-order valence-corrected chi connectivity index (χ1v) is 5.92. The molecule has 2 heterocycles. The van der Waals surface area contributed by atoms with Gasteiger partial charge in [0, 0.05) is 12.6 Å². The van der Waals surface area contributed by atoms with E-state index < -0.39 is 11.8 Å². The number of nitrogens with zero attached hydrogens (tertiary/aromatic N) is 2. The number of rotatable bonds is 2. The van der Waals surface area contributed by atoms with Gasteiger partial charge in [0.05, 0.1) is 5.69 Å². The Balaban J connectivity index is 2.20. The maximum atomic E-state index is 14.3. The minimum Gasteiger partial charge on any atom is -0.476 e. The second-order valence-electron chi connectivity index (χ2n) is 4.13. The molecule has 0 fully saturated rings. The van der Waals surface area contributed by atoms with Crippen molar-refractivity contribution in [1.29, 1.82) is 0 Å². The zero-order chi connectivity index (χ0) is 14.4. The van der Waals surface area contributed by atoms with Crippen LogP contribution >= 0.6 is 11.6 Å². The van der Waals surface area contributed by atoms with Crippen molar-refractivity contribution in [2.45, 2.75) is 0 Å². The normalized spacial score (nSPS) is 12.8. The molecular formula is C12H8ClFN2O4. The summed E-state index contributed by atoms with van der Waals surface area (Å²) >= 11 is 5.89. The topological polar surface area (TPSA) is 73.6 Å². The minimum atomic E-state index is -1.20. The summed E-state index contributed by atoms with van der Waals surface area (Å²) in [6.45, 7) is -0.0380. The number of carbonyl (C=O) groups is 1. The molecule has 0 saturated heterocycles. The lowest BCUT2D eigenvalue weighted by Crippen LogP contribution is -1.99. The minimum absolute atomic E-state index is 0.0380. The lowest BCUT2D eigenvalue weighted by molar-refractivity contribution is 0.0689. The summed E-state index contributed by atoms with van der Waals surface area (Å²) in [4.78, 5) is 10.9. The van der Waals surface area contributed by atoms with E-state index in [0.717, 1.165) is 0 Å². The molecular weight excluding hydrogens is 291 g/mol. The van der Waals surface area contributed by atoms with Crippen molar-refractivity contribution in [3.8, 4) is 22.8 Å².